The molecule has 1 heterocycles. The van der Waals surface area contributed by atoms with Gasteiger partial charge in [0.25, 0.3) is 0 Å². The predicted molar refractivity (Wildman–Crippen MR) is 70.1 cm³/mol. The molecule has 0 aromatic carbocycles. The van der Waals surface area contributed by atoms with Crippen LogP contribution in [-0.4, -0.2) is 37.2 Å². The van der Waals surface area contributed by atoms with Crippen LogP contribution in [0.25, 0.3) is 0 Å². The zero-order valence-corrected chi connectivity index (χ0v) is 11.4. The third-order valence-electron chi connectivity index (χ3n) is 2.47. The molecular formula is C13H18N2O4. The SMILES string of the molecule is CCOC(=O)c1cnc(C)c(NCCC(=O)OC)c1. The number of aryl methyl sites for hydroxylation is 1. The monoisotopic (exact) mass is 266 g/mol. The molecule has 0 atom stereocenters. The number of hydrogen-bond acceptors (Lipinski definition) is 6. The third-order valence-corrected chi connectivity index (χ3v) is 2.47. The number of esters is 2. The Bertz CT molecular complexity index is 460. The minimum Gasteiger partial charge on any atom is -0.469 e. The summed E-state index contributed by atoms with van der Waals surface area (Å²) in [6.07, 6.45) is 1.72. The van der Waals surface area contributed by atoms with Crippen molar-refractivity contribution >= 4 is 17.6 Å². The van der Waals surface area contributed by atoms with Gasteiger partial charge in [-0.1, -0.05) is 0 Å². The Kier molecular flexibility index (Phi) is 5.78. The van der Waals surface area contributed by atoms with E-state index in [4.69, 9.17) is 4.74 Å². The zero-order chi connectivity index (χ0) is 14.3. The van der Waals surface area contributed by atoms with E-state index < -0.39 is 5.97 Å². The predicted octanol–water partition coefficient (Wildman–Crippen LogP) is 1.54. The standard InChI is InChI=1S/C13H18N2O4/c1-4-19-13(17)10-7-11(9(2)15-8-10)14-6-5-12(16)18-3/h7-8,14H,4-6H2,1-3H3. The average Bonchev–Trinajstić information content (AvgIpc) is 2.40. The topological polar surface area (TPSA) is 77.5 Å². The first kappa shape index (κ1) is 14.9. The van der Waals surface area contributed by atoms with Crippen molar-refractivity contribution in [2.75, 3.05) is 25.6 Å². The lowest BCUT2D eigenvalue weighted by Crippen LogP contribution is -2.12. The Morgan fingerprint density at radius 1 is 1.42 bits per heavy atom. The van der Waals surface area contributed by atoms with E-state index in [0.29, 0.717) is 24.4 Å². The summed E-state index contributed by atoms with van der Waals surface area (Å²) in [5, 5.41) is 3.04. The van der Waals surface area contributed by atoms with E-state index in [1.807, 2.05) is 6.92 Å². The van der Waals surface area contributed by atoms with Crippen LogP contribution in [0.2, 0.25) is 0 Å². The molecule has 0 amide bonds. The van der Waals surface area contributed by atoms with E-state index in [9.17, 15) is 9.59 Å². The Hall–Kier alpha value is -2.11. The van der Waals surface area contributed by atoms with Crippen molar-refractivity contribution in [2.45, 2.75) is 20.3 Å². The summed E-state index contributed by atoms with van der Waals surface area (Å²) in [6, 6.07) is 1.66. The highest BCUT2D eigenvalue weighted by atomic mass is 16.5. The fourth-order valence-electron chi connectivity index (χ4n) is 1.44. The van der Waals surface area contributed by atoms with Crippen LogP contribution in [0.5, 0.6) is 0 Å². The second-order valence-corrected chi connectivity index (χ2v) is 3.83. The van der Waals surface area contributed by atoms with Gasteiger partial charge in [-0.15, -0.1) is 0 Å². The van der Waals surface area contributed by atoms with Gasteiger partial charge in [-0.3, -0.25) is 9.78 Å². The lowest BCUT2D eigenvalue weighted by Gasteiger charge is -2.10. The number of methoxy groups -OCH3 is 1. The van der Waals surface area contributed by atoms with Crippen molar-refractivity contribution < 1.29 is 19.1 Å². The summed E-state index contributed by atoms with van der Waals surface area (Å²) in [5.41, 5.74) is 1.83. The van der Waals surface area contributed by atoms with Gasteiger partial charge in [0, 0.05) is 12.7 Å². The van der Waals surface area contributed by atoms with Crippen LogP contribution in [0.3, 0.4) is 0 Å². The van der Waals surface area contributed by atoms with Gasteiger partial charge in [0.15, 0.2) is 0 Å². The molecule has 1 N–H and O–H groups in total. The second-order valence-electron chi connectivity index (χ2n) is 3.83. The number of aromatic nitrogens is 1. The Morgan fingerprint density at radius 2 is 2.16 bits per heavy atom. The number of hydrogen-bond donors (Lipinski definition) is 1. The van der Waals surface area contributed by atoms with Crippen molar-refractivity contribution in [1.82, 2.24) is 4.98 Å². The first-order valence-electron chi connectivity index (χ1n) is 6.03. The number of carbonyl (C=O) groups excluding carboxylic acids is 2. The molecule has 0 bridgehead atoms. The number of nitrogens with zero attached hydrogens (tertiary/aromatic N) is 1. The van der Waals surface area contributed by atoms with Gasteiger partial charge < -0.3 is 14.8 Å². The smallest absolute Gasteiger partial charge is 0.339 e. The summed E-state index contributed by atoms with van der Waals surface area (Å²) >= 11 is 0. The molecule has 1 aromatic rings. The van der Waals surface area contributed by atoms with E-state index in [1.165, 1.54) is 13.3 Å². The van der Waals surface area contributed by atoms with Crippen molar-refractivity contribution in [3.8, 4) is 0 Å². The number of carbonyl (C=O) groups is 2. The van der Waals surface area contributed by atoms with E-state index >= 15 is 0 Å². The summed E-state index contributed by atoms with van der Waals surface area (Å²) in [5.74, 6) is -0.703. The number of nitrogens with one attached hydrogen (secondary N) is 1. The third kappa shape index (κ3) is 4.57. The van der Waals surface area contributed by atoms with Crippen LogP contribution in [0, 0.1) is 6.92 Å². The quantitative estimate of drug-likeness (QED) is 0.787. The minimum absolute atomic E-state index is 0.250. The molecule has 6 heteroatoms. The van der Waals surface area contributed by atoms with Gasteiger partial charge in [0.2, 0.25) is 0 Å². The molecule has 19 heavy (non-hydrogen) atoms. The van der Waals surface area contributed by atoms with E-state index in [0.717, 1.165) is 5.69 Å². The molecular weight excluding hydrogens is 248 g/mol. The first-order valence-corrected chi connectivity index (χ1v) is 6.03. The molecule has 0 saturated carbocycles. The number of rotatable bonds is 6. The maximum Gasteiger partial charge on any atom is 0.339 e. The van der Waals surface area contributed by atoms with E-state index in [2.05, 4.69) is 15.0 Å². The average molecular weight is 266 g/mol. The van der Waals surface area contributed by atoms with Gasteiger partial charge in [-0.25, -0.2) is 4.79 Å². The van der Waals surface area contributed by atoms with Crippen LogP contribution in [0.1, 0.15) is 29.4 Å². The highest BCUT2D eigenvalue weighted by Gasteiger charge is 2.10. The molecule has 0 aliphatic rings. The molecule has 6 nitrogen and oxygen atoms in total. The summed E-state index contributed by atoms with van der Waals surface area (Å²) < 4.78 is 9.45. The van der Waals surface area contributed by atoms with Crippen molar-refractivity contribution in [1.29, 1.82) is 0 Å². The van der Waals surface area contributed by atoms with Crippen molar-refractivity contribution in [3.05, 3.63) is 23.5 Å². The van der Waals surface area contributed by atoms with Crippen LogP contribution >= 0.6 is 0 Å². The molecule has 1 rings (SSSR count). The maximum absolute atomic E-state index is 11.6. The van der Waals surface area contributed by atoms with Crippen LogP contribution < -0.4 is 5.32 Å². The van der Waals surface area contributed by atoms with Gasteiger partial charge in [0.05, 0.1) is 37.1 Å². The molecule has 0 fully saturated rings. The second kappa shape index (κ2) is 7.35. The lowest BCUT2D eigenvalue weighted by atomic mass is 10.2. The molecule has 0 radical (unpaired) electrons. The van der Waals surface area contributed by atoms with Crippen LogP contribution in [0.4, 0.5) is 5.69 Å². The van der Waals surface area contributed by atoms with E-state index in [-0.39, 0.29) is 12.4 Å². The number of ether oxygens (including phenoxy) is 2. The van der Waals surface area contributed by atoms with Gasteiger partial charge in [-0.2, -0.15) is 0 Å². The highest BCUT2D eigenvalue weighted by molar-refractivity contribution is 5.90. The maximum atomic E-state index is 11.6. The van der Waals surface area contributed by atoms with Gasteiger partial charge in [-0.05, 0) is 19.9 Å². The largest absolute Gasteiger partial charge is 0.469 e. The van der Waals surface area contributed by atoms with E-state index in [1.54, 1.807) is 13.0 Å². The summed E-state index contributed by atoms with van der Waals surface area (Å²) in [6.45, 7) is 4.30. The summed E-state index contributed by atoms with van der Waals surface area (Å²) in [7, 11) is 1.34. The fourth-order valence-corrected chi connectivity index (χ4v) is 1.44. The Morgan fingerprint density at radius 3 is 2.79 bits per heavy atom. The van der Waals surface area contributed by atoms with Gasteiger partial charge in [0.1, 0.15) is 0 Å². The molecule has 0 saturated heterocycles. The normalized spacial score (nSPS) is 9.84. The first-order chi connectivity index (χ1) is 9.08. The van der Waals surface area contributed by atoms with Gasteiger partial charge >= 0.3 is 11.9 Å². The summed E-state index contributed by atoms with van der Waals surface area (Å²) in [4.78, 5) is 26.7. The molecule has 0 spiro atoms. The van der Waals surface area contributed by atoms with Crippen LogP contribution in [-0.2, 0) is 14.3 Å². The van der Waals surface area contributed by atoms with Crippen molar-refractivity contribution in [3.63, 3.8) is 0 Å². The molecule has 1 aromatic heterocycles. The van der Waals surface area contributed by atoms with Crippen molar-refractivity contribution in [2.24, 2.45) is 0 Å². The van der Waals surface area contributed by atoms with Crippen LogP contribution in [0.15, 0.2) is 12.3 Å². The fraction of sp³-hybridized carbons (Fsp3) is 0.462. The minimum atomic E-state index is -0.411. The Labute approximate surface area is 112 Å². The Balaban J connectivity index is 2.69. The molecule has 0 aliphatic heterocycles. The lowest BCUT2D eigenvalue weighted by molar-refractivity contribution is -0.140. The zero-order valence-electron chi connectivity index (χ0n) is 11.4. The molecule has 0 aliphatic carbocycles. The number of anilines is 1. The number of pyridine rings is 1. The molecule has 104 valence electrons. The highest BCUT2D eigenvalue weighted by Crippen LogP contribution is 2.15. The molecule has 0 unspecified atom stereocenters.